The number of nitriles is 1. The van der Waals surface area contributed by atoms with Crippen molar-refractivity contribution >= 4 is 8.32 Å². The molecule has 5 nitrogen and oxygen atoms in total. The van der Waals surface area contributed by atoms with Gasteiger partial charge in [0.1, 0.15) is 12.2 Å². The maximum atomic E-state index is 9.02. The Bertz CT molecular complexity index is 453. The molecule has 0 radical (unpaired) electrons. The molecule has 0 bridgehead atoms. The number of nitrogens with one attached hydrogen (secondary N) is 1. The van der Waals surface area contributed by atoms with Crippen molar-refractivity contribution in [3.8, 4) is 6.07 Å². The highest BCUT2D eigenvalue weighted by Crippen LogP contribution is 2.39. The van der Waals surface area contributed by atoms with E-state index in [0.717, 1.165) is 0 Å². The summed E-state index contributed by atoms with van der Waals surface area (Å²) in [5, 5.41) is 12.7. The molecule has 6 heteroatoms. The lowest BCUT2D eigenvalue weighted by Gasteiger charge is -2.37. The minimum atomic E-state index is -1.79. The van der Waals surface area contributed by atoms with E-state index in [1.807, 2.05) is 13.8 Å². The van der Waals surface area contributed by atoms with Gasteiger partial charge in [-0.05, 0) is 32.0 Å². The van der Waals surface area contributed by atoms with Crippen LogP contribution in [-0.2, 0) is 13.9 Å². The molecule has 2 heterocycles. The zero-order valence-corrected chi connectivity index (χ0v) is 15.9. The summed E-state index contributed by atoms with van der Waals surface area (Å²) >= 11 is 0. The van der Waals surface area contributed by atoms with Crippen LogP contribution in [0, 0.1) is 11.3 Å². The van der Waals surface area contributed by atoms with Gasteiger partial charge in [0.15, 0.2) is 14.1 Å². The number of ether oxygens (including phenoxy) is 2. The molecular weight excluding hydrogens is 296 g/mol. The van der Waals surface area contributed by atoms with Gasteiger partial charge in [0, 0.05) is 6.04 Å². The third-order valence-electron chi connectivity index (χ3n) is 5.13. The van der Waals surface area contributed by atoms with Gasteiger partial charge in [-0.2, -0.15) is 5.26 Å². The fraction of sp³-hybridized carbons (Fsp3) is 0.938. The molecule has 0 spiro atoms. The van der Waals surface area contributed by atoms with Gasteiger partial charge in [0.2, 0.25) is 0 Å². The van der Waals surface area contributed by atoms with Crippen LogP contribution in [0.15, 0.2) is 0 Å². The second-order valence-electron chi connectivity index (χ2n) is 8.38. The lowest BCUT2D eigenvalue weighted by atomic mass is 10.1. The second-order valence-corrected chi connectivity index (χ2v) is 13.2. The average Bonchev–Trinajstić information content (AvgIpc) is 2.81. The van der Waals surface area contributed by atoms with E-state index in [2.05, 4.69) is 45.3 Å². The highest BCUT2D eigenvalue weighted by Gasteiger charge is 2.54. The Kier molecular flexibility index (Phi) is 4.78. The number of hydrogen-bond donors (Lipinski definition) is 1. The van der Waals surface area contributed by atoms with Crippen LogP contribution < -0.4 is 5.32 Å². The fourth-order valence-electron chi connectivity index (χ4n) is 2.84. The summed E-state index contributed by atoms with van der Waals surface area (Å²) in [6, 6.07) is 2.34. The first-order valence-corrected chi connectivity index (χ1v) is 11.0. The minimum Gasteiger partial charge on any atom is -0.415 e. The van der Waals surface area contributed by atoms with E-state index < -0.39 is 14.1 Å². The quantitative estimate of drug-likeness (QED) is 0.805. The SMILES string of the molecule is CC1(C)O[C@@H]2[C@H](O1)[C@@H](CO[Si](C)(C)C(C)(C)C)N[C@H]2CC#N. The maximum Gasteiger partial charge on any atom is 0.192 e. The van der Waals surface area contributed by atoms with Gasteiger partial charge in [-0.15, -0.1) is 0 Å². The zero-order chi connectivity index (χ0) is 16.8. The number of nitrogens with zero attached hydrogens (tertiary/aromatic N) is 1. The summed E-state index contributed by atoms with van der Waals surface area (Å²) in [5.74, 6) is -0.583. The monoisotopic (exact) mass is 326 g/mol. The Labute approximate surface area is 135 Å². The molecule has 0 aromatic carbocycles. The Morgan fingerprint density at radius 3 is 2.23 bits per heavy atom. The van der Waals surface area contributed by atoms with Gasteiger partial charge in [-0.3, -0.25) is 0 Å². The highest BCUT2D eigenvalue weighted by atomic mass is 28.4. The molecular formula is C16H30N2O3Si. The largest absolute Gasteiger partial charge is 0.415 e. The summed E-state index contributed by atoms with van der Waals surface area (Å²) in [5.41, 5.74) is 0. The van der Waals surface area contributed by atoms with Gasteiger partial charge < -0.3 is 19.2 Å². The molecule has 0 aromatic heterocycles. The molecule has 22 heavy (non-hydrogen) atoms. The summed E-state index contributed by atoms with van der Waals surface area (Å²) < 4.78 is 18.4. The van der Waals surface area contributed by atoms with Crippen LogP contribution in [0.5, 0.6) is 0 Å². The van der Waals surface area contributed by atoms with Gasteiger partial charge in [-0.25, -0.2) is 0 Å². The van der Waals surface area contributed by atoms with Crippen molar-refractivity contribution in [2.45, 2.75) is 89.3 Å². The molecule has 2 saturated heterocycles. The van der Waals surface area contributed by atoms with E-state index in [1.54, 1.807) is 0 Å². The van der Waals surface area contributed by atoms with Crippen LogP contribution in [0.3, 0.4) is 0 Å². The molecule has 126 valence electrons. The third kappa shape index (κ3) is 3.55. The summed E-state index contributed by atoms with van der Waals surface area (Å²) in [4.78, 5) is 0. The molecule has 4 atom stereocenters. The van der Waals surface area contributed by atoms with Crippen LogP contribution in [0.25, 0.3) is 0 Å². The highest BCUT2D eigenvalue weighted by molar-refractivity contribution is 6.74. The molecule has 0 aliphatic carbocycles. The summed E-state index contributed by atoms with van der Waals surface area (Å²) in [6.07, 6.45) is 0.317. The van der Waals surface area contributed by atoms with E-state index in [0.29, 0.717) is 13.0 Å². The van der Waals surface area contributed by atoms with Gasteiger partial charge in [0.25, 0.3) is 0 Å². The van der Waals surface area contributed by atoms with Crippen LogP contribution >= 0.6 is 0 Å². The standard InChI is InChI=1S/C16H30N2O3Si/c1-15(2,3)22(6,7)19-10-12-14-13(11(18-12)8-9-17)20-16(4,5)21-14/h11-14,18H,8,10H2,1-7H3/t11-,12+,13-,14+/m0/s1. The lowest BCUT2D eigenvalue weighted by Crippen LogP contribution is -2.47. The Balaban J connectivity index is 2.04. The van der Waals surface area contributed by atoms with Crippen LogP contribution in [0.4, 0.5) is 0 Å². The van der Waals surface area contributed by atoms with Gasteiger partial charge in [0.05, 0.1) is 25.1 Å². The summed E-state index contributed by atoms with van der Waals surface area (Å²) in [7, 11) is -1.79. The van der Waals surface area contributed by atoms with Crippen molar-refractivity contribution < 1.29 is 13.9 Å². The van der Waals surface area contributed by atoms with Gasteiger partial charge in [-0.1, -0.05) is 20.8 Å². The van der Waals surface area contributed by atoms with E-state index in [9.17, 15) is 0 Å². The zero-order valence-electron chi connectivity index (χ0n) is 14.9. The van der Waals surface area contributed by atoms with E-state index in [-0.39, 0.29) is 29.3 Å². The number of hydrogen-bond acceptors (Lipinski definition) is 5. The van der Waals surface area contributed by atoms with Crippen molar-refractivity contribution in [2.24, 2.45) is 0 Å². The van der Waals surface area contributed by atoms with E-state index in [4.69, 9.17) is 19.2 Å². The molecule has 0 saturated carbocycles. The molecule has 2 rings (SSSR count). The maximum absolute atomic E-state index is 9.02. The van der Waals surface area contributed by atoms with Crippen LogP contribution in [0.2, 0.25) is 18.1 Å². The smallest absolute Gasteiger partial charge is 0.192 e. The number of fused-ring (bicyclic) bond motifs is 1. The van der Waals surface area contributed by atoms with Crippen LogP contribution in [-0.4, -0.2) is 45.0 Å². The topological polar surface area (TPSA) is 63.5 Å². The predicted octanol–water partition coefficient (Wildman–Crippen LogP) is 2.78. The van der Waals surface area contributed by atoms with Crippen molar-refractivity contribution in [1.82, 2.24) is 5.32 Å². The lowest BCUT2D eigenvalue weighted by molar-refractivity contribution is -0.157. The van der Waals surface area contributed by atoms with Crippen molar-refractivity contribution in [3.63, 3.8) is 0 Å². The molecule has 0 unspecified atom stereocenters. The minimum absolute atomic E-state index is 0.0183. The van der Waals surface area contributed by atoms with Crippen molar-refractivity contribution in [1.29, 1.82) is 5.26 Å². The second kappa shape index (κ2) is 5.88. The molecule has 0 amide bonds. The van der Waals surface area contributed by atoms with Gasteiger partial charge >= 0.3 is 0 Å². The Morgan fingerprint density at radius 1 is 1.18 bits per heavy atom. The van der Waals surface area contributed by atoms with E-state index in [1.165, 1.54) is 0 Å². The van der Waals surface area contributed by atoms with E-state index >= 15 is 0 Å². The Morgan fingerprint density at radius 2 is 1.73 bits per heavy atom. The Hall–Kier alpha value is -0.453. The molecule has 2 aliphatic rings. The molecule has 1 N–H and O–H groups in total. The first-order chi connectivity index (χ1) is 9.97. The number of rotatable bonds is 4. The molecule has 2 aliphatic heterocycles. The molecule has 2 fully saturated rings. The third-order valence-corrected chi connectivity index (χ3v) is 9.63. The van der Waals surface area contributed by atoms with Crippen molar-refractivity contribution in [3.05, 3.63) is 0 Å². The van der Waals surface area contributed by atoms with Crippen LogP contribution in [0.1, 0.15) is 41.0 Å². The van der Waals surface area contributed by atoms with Crippen molar-refractivity contribution in [2.75, 3.05) is 6.61 Å². The summed E-state index contributed by atoms with van der Waals surface area (Å²) in [6.45, 7) is 15.7. The average molecular weight is 327 g/mol. The first-order valence-electron chi connectivity index (χ1n) is 8.09. The molecule has 0 aromatic rings. The normalized spacial score (nSPS) is 34.5. The fourth-order valence-corrected chi connectivity index (χ4v) is 3.86. The first kappa shape index (κ1) is 17.9. The predicted molar refractivity (Wildman–Crippen MR) is 87.9 cm³/mol.